The van der Waals surface area contributed by atoms with Crippen molar-refractivity contribution < 1.29 is 9.53 Å². The maximum absolute atomic E-state index is 12.1. The second-order valence-electron chi connectivity index (χ2n) is 6.32. The van der Waals surface area contributed by atoms with E-state index in [9.17, 15) is 4.79 Å². The third-order valence-corrected chi connectivity index (χ3v) is 3.58. The first-order chi connectivity index (χ1) is 7.90. The van der Waals surface area contributed by atoms with Crippen molar-refractivity contribution in [2.75, 3.05) is 19.6 Å². The lowest BCUT2D eigenvalue weighted by Gasteiger charge is -2.45. The van der Waals surface area contributed by atoms with Gasteiger partial charge in [0.15, 0.2) is 0 Å². The lowest BCUT2D eigenvalue weighted by molar-refractivity contribution is 0.0168. The molecule has 0 saturated carbocycles. The molecule has 2 heterocycles. The number of hydrogen-bond acceptors (Lipinski definition) is 3. The quantitative estimate of drug-likeness (QED) is 0.705. The highest BCUT2D eigenvalue weighted by atomic mass is 16.6. The van der Waals surface area contributed by atoms with E-state index in [-0.39, 0.29) is 11.6 Å². The van der Waals surface area contributed by atoms with Gasteiger partial charge in [0, 0.05) is 18.6 Å². The first-order valence-electron chi connectivity index (χ1n) is 6.63. The Morgan fingerprint density at radius 2 is 2.00 bits per heavy atom. The third kappa shape index (κ3) is 3.12. The van der Waals surface area contributed by atoms with Crippen molar-refractivity contribution in [3.05, 3.63) is 0 Å². The number of nitrogens with one attached hydrogen (secondary N) is 1. The molecular formula is C13H24N2O2. The van der Waals surface area contributed by atoms with Gasteiger partial charge in [0.25, 0.3) is 0 Å². The van der Waals surface area contributed by atoms with Crippen LogP contribution >= 0.6 is 0 Å². The summed E-state index contributed by atoms with van der Waals surface area (Å²) in [6.07, 6.45) is 4.50. The molecule has 98 valence electrons. The normalized spacial score (nSPS) is 29.7. The van der Waals surface area contributed by atoms with E-state index in [0.717, 1.165) is 26.1 Å². The fourth-order valence-corrected chi connectivity index (χ4v) is 2.60. The van der Waals surface area contributed by atoms with Crippen LogP contribution in [0.2, 0.25) is 0 Å². The van der Waals surface area contributed by atoms with Crippen LogP contribution in [0.25, 0.3) is 0 Å². The van der Waals surface area contributed by atoms with Gasteiger partial charge in [-0.05, 0) is 53.0 Å². The summed E-state index contributed by atoms with van der Waals surface area (Å²) in [7, 11) is 0. The maximum atomic E-state index is 12.1. The van der Waals surface area contributed by atoms with Gasteiger partial charge in [-0.1, -0.05) is 0 Å². The van der Waals surface area contributed by atoms with Gasteiger partial charge in [0.1, 0.15) is 5.60 Å². The zero-order chi connectivity index (χ0) is 12.5. The van der Waals surface area contributed by atoms with Crippen molar-refractivity contribution in [2.24, 2.45) is 0 Å². The molecule has 0 aromatic rings. The molecule has 0 radical (unpaired) electrons. The summed E-state index contributed by atoms with van der Waals surface area (Å²) in [6, 6.07) is 0. The van der Waals surface area contributed by atoms with E-state index in [1.165, 1.54) is 19.3 Å². The highest BCUT2D eigenvalue weighted by molar-refractivity contribution is 5.68. The van der Waals surface area contributed by atoms with Gasteiger partial charge in [0.05, 0.1) is 0 Å². The molecule has 1 N–H and O–H groups in total. The molecule has 2 aliphatic rings. The van der Waals surface area contributed by atoms with Crippen LogP contribution < -0.4 is 5.32 Å². The van der Waals surface area contributed by atoms with Crippen LogP contribution in [-0.4, -0.2) is 41.8 Å². The SMILES string of the molecule is CC(C)(C)OC(=O)N1CCCCC2(CCN2)C1. The van der Waals surface area contributed by atoms with Crippen LogP contribution in [0.5, 0.6) is 0 Å². The molecule has 4 nitrogen and oxygen atoms in total. The standard InChI is InChI=1S/C13H24N2O2/c1-12(2,3)17-11(16)15-9-5-4-6-13(10-15)7-8-14-13/h14H,4-10H2,1-3H3. The molecule has 0 aliphatic carbocycles. The molecular weight excluding hydrogens is 216 g/mol. The van der Waals surface area contributed by atoms with Crippen molar-refractivity contribution in [2.45, 2.75) is 57.6 Å². The van der Waals surface area contributed by atoms with Gasteiger partial charge in [-0.15, -0.1) is 0 Å². The minimum Gasteiger partial charge on any atom is -0.444 e. The van der Waals surface area contributed by atoms with Gasteiger partial charge in [-0.3, -0.25) is 0 Å². The van der Waals surface area contributed by atoms with Crippen LogP contribution in [0.15, 0.2) is 0 Å². The Morgan fingerprint density at radius 3 is 2.53 bits per heavy atom. The molecule has 17 heavy (non-hydrogen) atoms. The molecule has 0 aromatic carbocycles. The average molecular weight is 240 g/mol. The van der Waals surface area contributed by atoms with E-state index in [0.29, 0.717) is 0 Å². The summed E-state index contributed by atoms with van der Waals surface area (Å²) in [5.41, 5.74) is -0.211. The maximum Gasteiger partial charge on any atom is 0.410 e. The van der Waals surface area contributed by atoms with E-state index in [1.807, 2.05) is 25.7 Å². The Morgan fingerprint density at radius 1 is 1.29 bits per heavy atom. The van der Waals surface area contributed by atoms with Crippen LogP contribution in [0.3, 0.4) is 0 Å². The number of carbonyl (C=O) groups is 1. The lowest BCUT2D eigenvalue weighted by atomic mass is 9.83. The van der Waals surface area contributed by atoms with E-state index in [2.05, 4.69) is 5.32 Å². The van der Waals surface area contributed by atoms with E-state index < -0.39 is 5.60 Å². The monoisotopic (exact) mass is 240 g/mol. The number of hydrogen-bond donors (Lipinski definition) is 1. The predicted molar refractivity (Wildman–Crippen MR) is 67.0 cm³/mol. The molecule has 2 saturated heterocycles. The molecule has 1 unspecified atom stereocenters. The molecule has 0 bridgehead atoms. The number of likely N-dealkylation sites (tertiary alicyclic amines) is 1. The average Bonchev–Trinajstić information content (AvgIpc) is 2.35. The third-order valence-electron chi connectivity index (χ3n) is 3.58. The molecule has 4 heteroatoms. The lowest BCUT2D eigenvalue weighted by Crippen LogP contribution is -2.62. The number of rotatable bonds is 0. The summed E-state index contributed by atoms with van der Waals surface area (Å²) in [5.74, 6) is 0. The fraction of sp³-hybridized carbons (Fsp3) is 0.923. The van der Waals surface area contributed by atoms with E-state index in [4.69, 9.17) is 4.74 Å². The van der Waals surface area contributed by atoms with E-state index in [1.54, 1.807) is 0 Å². The van der Waals surface area contributed by atoms with Crippen molar-refractivity contribution >= 4 is 6.09 Å². The molecule has 1 amide bonds. The second-order valence-corrected chi connectivity index (χ2v) is 6.32. The van der Waals surface area contributed by atoms with Gasteiger partial charge < -0.3 is 15.0 Å². The summed E-state index contributed by atoms with van der Waals surface area (Å²) in [6.45, 7) is 8.47. The van der Waals surface area contributed by atoms with Gasteiger partial charge in [-0.2, -0.15) is 0 Å². The van der Waals surface area contributed by atoms with Crippen molar-refractivity contribution in [1.82, 2.24) is 10.2 Å². The highest BCUT2D eigenvalue weighted by Gasteiger charge is 2.40. The van der Waals surface area contributed by atoms with Crippen molar-refractivity contribution in [3.8, 4) is 0 Å². The minimum absolute atomic E-state index is 0.160. The number of amides is 1. The zero-order valence-electron chi connectivity index (χ0n) is 11.2. The fourth-order valence-electron chi connectivity index (χ4n) is 2.60. The second kappa shape index (κ2) is 4.48. The Bertz CT molecular complexity index is 292. The predicted octanol–water partition coefficient (Wildman–Crippen LogP) is 2.14. The Hall–Kier alpha value is -0.770. The minimum atomic E-state index is -0.399. The van der Waals surface area contributed by atoms with Gasteiger partial charge in [0.2, 0.25) is 0 Å². The van der Waals surface area contributed by atoms with Crippen LogP contribution in [-0.2, 0) is 4.74 Å². The van der Waals surface area contributed by atoms with E-state index >= 15 is 0 Å². The topological polar surface area (TPSA) is 41.6 Å². The summed E-state index contributed by atoms with van der Waals surface area (Å²) in [5, 5.41) is 3.50. The zero-order valence-corrected chi connectivity index (χ0v) is 11.2. The molecule has 2 rings (SSSR count). The number of nitrogens with zero attached hydrogens (tertiary/aromatic N) is 1. The largest absolute Gasteiger partial charge is 0.444 e. The highest BCUT2D eigenvalue weighted by Crippen LogP contribution is 2.29. The van der Waals surface area contributed by atoms with Crippen LogP contribution in [0.4, 0.5) is 4.79 Å². The molecule has 2 fully saturated rings. The van der Waals surface area contributed by atoms with Crippen molar-refractivity contribution in [1.29, 1.82) is 0 Å². The molecule has 1 spiro atoms. The molecule has 0 aromatic heterocycles. The summed E-state index contributed by atoms with van der Waals surface area (Å²) >= 11 is 0. The van der Waals surface area contributed by atoms with Gasteiger partial charge >= 0.3 is 6.09 Å². The van der Waals surface area contributed by atoms with Crippen LogP contribution in [0, 0.1) is 0 Å². The number of carbonyl (C=O) groups excluding carboxylic acids is 1. The first kappa shape index (κ1) is 12.7. The molecule has 1 atom stereocenters. The Labute approximate surface area is 104 Å². The Kier molecular flexibility index (Phi) is 3.34. The summed E-state index contributed by atoms with van der Waals surface area (Å²) < 4.78 is 5.45. The number of ether oxygens (including phenoxy) is 1. The molecule has 2 aliphatic heterocycles. The summed E-state index contributed by atoms with van der Waals surface area (Å²) in [4.78, 5) is 13.9. The Balaban J connectivity index is 1.97. The van der Waals surface area contributed by atoms with Crippen LogP contribution in [0.1, 0.15) is 46.5 Å². The smallest absolute Gasteiger partial charge is 0.410 e. The first-order valence-corrected chi connectivity index (χ1v) is 6.63. The van der Waals surface area contributed by atoms with Crippen molar-refractivity contribution in [3.63, 3.8) is 0 Å². The van der Waals surface area contributed by atoms with Gasteiger partial charge in [-0.25, -0.2) is 4.79 Å².